The van der Waals surface area contributed by atoms with E-state index in [1.54, 1.807) is 0 Å². The van der Waals surface area contributed by atoms with E-state index in [-0.39, 0.29) is 31.1 Å². The Kier molecular flexibility index (Phi) is 64.6. The molecule has 0 aromatic heterocycles. The van der Waals surface area contributed by atoms with Gasteiger partial charge in [-0.3, -0.25) is 14.4 Å². The Labute approximate surface area is 481 Å². The lowest BCUT2D eigenvalue weighted by molar-refractivity contribution is -0.167. The van der Waals surface area contributed by atoms with Gasteiger partial charge in [0.15, 0.2) is 6.10 Å². The van der Waals surface area contributed by atoms with Gasteiger partial charge in [-0.15, -0.1) is 0 Å². The summed E-state index contributed by atoms with van der Waals surface area (Å²) in [6, 6.07) is 0. The molecule has 0 amide bonds. The number of hydrogen-bond donors (Lipinski definition) is 0. The molecule has 0 saturated carbocycles. The van der Waals surface area contributed by atoms with Crippen LogP contribution in [0.4, 0.5) is 0 Å². The van der Waals surface area contributed by atoms with Crippen molar-refractivity contribution in [3.05, 3.63) is 24.3 Å². The second-order valence-electron chi connectivity index (χ2n) is 23.8. The van der Waals surface area contributed by atoms with Crippen LogP contribution in [0.15, 0.2) is 24.3 Å². The van der Waals surface area contributed by atoms with Crippen LogP contribution in [-0.4, -0.2) is 37.2 Å². The Hall–Kier alpha value is -2.11. The summed E-state index contributed by atoms with van der Waals surface area (Å²) in [5.74, 6) is -0.859. The van der Waals surface area contributed by atoms with Crippen molar-refractivity contribution in [2.75, 3.05) is 13.2 Å². The predicted octanol–water partition coefficient (Wildman–Crippen LogP) is 23.8. The van der Waals surface area contributed by atoms with Gasteiger partial charge >= 0.3 is 17.9 Å². The molecule has 77 heavy (non-hydrogen) atoms. The Bertz CT molecular complexity index is 1240. The number of rotatable bonds is 65. The summed E-state index contributed by atoms with van der Waals surface area (Å²) in [4.78, 5) is 37.9. The molecule has 454 valence electrons. The quantitative estimate of drug-likeness (QED) is 0.0261. The Morgan fingerprint density at radius 1 is 0.247 bits per heavy atom. The molecule has 0 aromatic carbocycles. The van der Waals surface area contributed by atoms with E-state index >= 15 is 0 Å². The zero-order valence-corrected chi connectivity index (χ0v) is 52.3. The molecule has 0 saturated heterocycles. The average molecular weight is 1080 g/mol. The molecule has 0 aromatic rings. The molecule has 6 nitrogen and oxygen atoms in total. The molecule has 0 fully saturated rings. The van der Waals surface area contributed by atoms with Gasteiger partial charge in [-0.2, -0.15) is 0 Å². The highest BCUT2D eigenvalue weighted by Crippen LogP contribution is 2.18. The van der Waals surface area contributed by atoms with Gasteiger partial charge in [0.05, 0.1) is 0 Å². The fourth-order valence-electron chi connectivity index (χ4n) is 10.7. The molecular weight excluding hydrogens is 949 g/mol. The van der Waals surface area contributed by atoms with Crippen LogP contribution in [0.1, 0.15) is 393 Å². The van der Waals surface area contributed by atoms with Gasteiger partial charge in [0.2, 0.25) is 0 Å². The minimum absolute atomic E-state index is 0.0671. The van der Waals surface area contributed by atoms with Crippen LogP contribution in [0.5, 0.6) is 0 Å². The van der Waals surface area contributed by atoms with Crippen LogP contribution in [0.2, 0.25) is 0 Å². The molecule has 0 bridgehead atoms. The van der Waals surface area contributed by atoms with Gasteiger partial charge in [0, 0.05) is 19.3 Å². The number of esters is 3. The molecule has 0 rings (SSSR count). The van der Waals surface area contributed by atoms with Crippen molar-refractivity contribution < 1.29 is 28.6 Å². The van der Waals surface area contributed by atoms with Crippen molar-refractivity contribution in [3.63, 3.8) is 0 Å². The first-order chi connectivity index (χ1) is 38.0. The summed E-state index contributed by atoms with van der Waals surface area (Å²) in [5, 5.41) is 0. The van der Waals surface area contributed by atoms with E-state index in [0.29, 0.717) is 19.3 Å². The molecule has 0 radical (unpaired) electrons. The Balaban J connectivity index is 3.85. The van der Waals surface area contributed by atoms with Gasteiger partial charge in [-0.1, -0.05) is 328 Å². The van der Waals surface area contributed by atoms with Crippen molar-refractivity contribution in [2.45, 2.75) is 399 Å². The number of hydrogen-bond acceptors (Lipinski definition) is 6. The zero-order valence-electron chi connectivity index (χ0n) is 52.3. The lowest BCUT2D eigenvalue weighted by atomic mass is 10.0. The fourth-order valence-corrected chi connectivity index (χ4v) is 10.7. The molecule has 0 aliphatic rings. The molecule has 1 unspecified atom stereocenters. The highest BCUT2D eigenvalue weighted by Gasteiger charge is 2.19. The number of allylic oxidation sites excluding steroid dienone is 4. The molecule has 1 atom stereocenters. The molecule has 0 aliphatic heterocycles. The third kappa shape index (κ3) is 64.6. The van der Waals surface area contributed by atoms with Crippen LogP contribution < -0.4 is 0 Å². The van der Waals surface area contributed by atoms with Crippen LogP contribution in [0.3, 0.4) is 0 Å². The number of unbranched alkanes of at least 4 members (excludes halogenated alkanes) is 50. The largest absolute Gasteiger partial charge is 0.462 e. The van der Waals surface area contributed by atoms with Crippen LogP contribution in [0.25, 0.3) is 0 Å². The normalized spacial score (nSPS) is 12.1. The van der Waals surface area contributed by atoms with E-state index in [0.717, 1.165) is 64.2 Å². The number of ether oxygens (including phenoxy) is 3. The standard InChI is InChI=1S/C71H134O6/c1-4-7-10-13-15-17-19-21-23-25-27-28-29-30-31-32-33-34-35-36-37-38-39-40-41-42-44-45-47-49-51-53-55-58-61-64-70(73)76-67-68(66-75-69(72)63-60-57-12-9-6-3)77-71(74)65-62-59-56-54-52-50-48-46-43-26-24-22-20-18-16-14-11-8-5-2/h22,24-25,27,68H,4-21,23,26,28-67H2,1-3H3/b24-22-,27-25-. The summed E-state index contributed by atoms with van der Waals surface area (Å²) in [6.07, 6.45) is 81.3. The van der Waals surface area contributed by atoms with E-state index < -0.39 is 6.10 Å². The highest BCUT2D eigenvalue weighted by molar-refractivity contribution is 5.71. The summed E-state index contributed by atoms with van der Waals surface area (Å²) in [6.45, 7) is 6.61. The molecular formula is C71H134O6. The topological polar surface area (TPSA) is 78.9 Å². The van der Waals surface area contributed by atoms with E-state index in [1.165, 1.54) is 289 Å². The Morgan fingerprint density at radius 2 is 0.429 bits per heavy atom. The summed E-state index contributed by atoms with van der Waals surface area (Å²) in [7, 11) is 0. The fraction of sp³-hybridized carbons (Fsp3) is 0.901. The molecule has 6 heteroatoms. The van der Waals surface area contributed by atoms with E-state index in [9.17, 15) is 14.4 Å². The SMILES string of the molecule is CCCCCCCC/C=C\CCCCCCCCCCCC(=O)OC(COC(=O)CCCCCCC)COC(=O)CCCCCCCCCCCCCCCCCCCCCCCCC/C=C\CCCCCCCCCC. The van der Waals surface area contributed by atoms with Crippen LogP contribution in [0, 0.1) is 0 Å². The van der Waals surface area contributed by atoms with Crippen molar-refractivity contribution in [2.24, 2.45) is 0 Å². The third-order valence-electron chi connectivity index (χ3n) is 15.9. The molecule has 0 aliphatic carbocycles. The van der Waals surface area contributed by atoms with Crippen LogP contribution >= 0.6 is 0 Å². The van der Waals surface area contributed by atoms with Gasteiger partial charge in [-0.25, -0.2) is 0 Å². The average Bonchev–Trinajstić information content (AvgIpc) is 3.43. The van der Waals surface area contributed by atoms with Crippen molar-refractivity contribution in [3.8, 4) is 0 Å². The number of carbonyl (C=O) groups excluding carboxylic acids is 3. The first-order valence-electron chi connectivity index (χ1n) is 34.8. The maximum atomic E-state index is 12.8. The predicted molar refractivity (Wildman–Crippen MR) is 335 cm³/mol. The lowest BCUT2D eigenvalue weighted by Gasteiger charge is -2.18. The Morgan fingerprint density at radius 3 is 0.649 bits per heavy atom. The van der Waals surface area contributed by atoms with Crippen molar-refractivity contribution in [1.82, 2.24) is 0 Å². The monoisotopic (exact) mass is 1080 g/mol. The van der Waals surface area contributed by atoms with Gasteiger partial charge in [0.1, 0.15) is 13.2 Å². The molecule has 0 N–H and O–H groups in total. The summed E-state index contributed by atoms with van der Waals surface area (Å²) >= 11 is 0. The summed E-state index contributed by atoms with van der Waals surface area (Å²) in [5.41, 5.74) is 0. The summed E-state index contributed by atoms with van der Waals surface area (Å²) < 4.78 is 16.8. The number of carbonyl (C=O) groups is 3. The second-order valence-corrected chi connectivity index (χ2v) is 23.8. The van der Waals surface area contributed by atoms with Crippen molar-refractivity contribution in [1.29, 1.82) is 0 Å². The minimum Gasteiger partial charge on any atom is -0.462 e. The van der Waals surface area contributed by atoms with Gasteiger partial charge in [-0.05, 0) is 70.6 Å². The molecule has 0 heterocycles. The highest BCUT2D eigenvalue weighted by atomic mass is 16.6. The maximum absolute atomic E-state index is 12.8. The van der Waals surface area contributed by atoms with Crippen molar-refractivity contribution >= 4 is 17.9 Å². The third-order valence-corrected chi connectivity index (χ3v) is 15.9. The van der Waals surface area contributed by atoms with E-state index in [2.05, 4.69) is 45.1 Å². The van der Waals surface area contributed by atoms with Gasteiger partial charge in [0.25, 0.3) is 0 Å². The first-order valence-corrected chi connectivity index (χ1v) is 34.8. The smallest absolute Gasteiger partial charge is 0.306 e. The molecule has 0 spiro atoms. The van der Waals surface area contributed by atoms with Crippen LogP contribution in [-0.2, 0) is 28.6 Å². The first kappa shape index (κ1) is 74.9. The zero-order chi connectivity index (χ0) is 55.7. The van der Waals surface area contributed by atoms with E-state index in [4.69, 9.17) is 14.2 Å². The van der Waals surface area contributed by atoms with Gasteiger partial charge < -0.3 is 14.2 Å². The maximum Gasteiger partial charge on any atom is 0.306 e. The van der Waals surface area contributed by atoms with E-state index in [1.807, 2.05) is 0 Å². The minimum atomic E-state index is -0.766. The lowest BCUT2D eigenvalue weighted by Crippen LogP contribution is -2.30. The second kappa shape index (κ2) is 66.4.